The lowest BCUT2D eigenvalue weighted by molar-refractivity contribution is -0.120. The van der Waals surface area contributed by atoms with Gasteiger partial charge in [0.25, 0.3) is 0 Å². The van der Waals surface area contributed by atoms with E-state index in [4.69, 9.17) is 9.47 Å². The van der Waals surface area contributed by atoms with Crippen LogP contribution in [0.4, 0.5) is 0 Å². The van der Waals surface area contributed by atoms with Crippen LogP contribution in [0, 0.1) is 0 Å². The summed E-state index contributed by atoms with van der Waals surface area (Å²) in [4.78, 5) is 11.3. The van der Waals surface area contributed by atoms with Gasteiger partial charge in [0.1, 0.15) is 12.4 Å². The van der Waals surface area contributed by atoms with E-state index in [0.717, 1.165) is 10.2 Å². The van der Waals surface area contributed by atoms with E-state index in [0.29, 0.717) is 26.3 Å². The Labute approximate surface area is 121 Å². The van der Waals surface area contributed by atoms with Crippen molar-refractivity contribution in [2.45, 2.75) is 0 Å². The summed E-state index contributed by atoms with van der Waals surface area (Å²) in [7, 11) is 1.60. The lowest BCUT2D eigenvalue weighted by Gasteiger charge is -2.08. The van der Waals surface area contributed by atoms with Gasteiger partial charge < -0.3 is 20.1 Å². The summed E-state index contributed by atoms with van der Waals surface area (Å²) in [5, 5.41) is 5.73. The number of hydrogen-bond acceptors (Lipinski definition) is 4. The monoisotopic (exact) mass is 330 g/mol. The molecular formula is C13H19BrN2O3. The Bertz CT molecular complexity index is 388. The zero-order chi connectivity index (χ0) is 13.9. The van der Waals surface area contributed by atoms with E-state index in [9.17, 15) is 4.79 Å². The summed E-state index contributed by atoms with van der Waals surface area (Å²) in [5.41, 5.74) is 0. The molecule has 1 amide bonds. The molecule has 0 heterocycles. The van der Waals surface area contributed by atoms with Gasteiger partial charge in [-0.3, -0.25) is 4.79 Å². The van der Waals surface area contributed by atoms with Gasteiger partial charge in [-0.15, -0.1) is 0 Å². The summed E-state index contributed by atoms with van der Waals surface area (Å²) in [6, 6.07) is 7.64. The fourth-order valence-electron chi connectivity index (χ4n) is 1.35. The number of carbonyl (C=O) groups excluding carboxylic acids is 1. The smallest absolute Gasteiger partial charge is 0.234 e. The number of benzene rings is 1. The first-order valence-corrected chi connectivity index (χ1v) is 6.86. The Morgan fingerprint density at radius 3 is 2.89 bits per heavy atom. The van der Waals surface area contributed by atoms with Gasteiger partial charge in [-0.05, 0) is 18.2 Å². The Morgan fingerprint density at radius 2 is 2.16 bits per heavy atom. The fourth-order valence-corrected chi connectivity index (χ4v) is 1.73. The quantitative estimate of drug-likeness (QED) is 0.667. The molecule has 0 atom stereocenters. The first-order chi connectivity index (χ1) is 9.22. The van der Waals surface area contributed by atoms with E-state index in [1.807, 2.05) is 24.3 Å². The fraction of sp³-hybridized carbons (Fsp3) is 0.462. The first-order valence-electron chi connectivity index (χ1n) is 6.07. The minimum absolute atomic E-state index is 0.0421. The van der Waals surface area contributed by atoms with Gasteiger partial charge in [0.05, 0.1) is 13.2 Å². The van der Waals surface area contributed by atoms with Gasteiger partial charge in [-0.25, -0.2) is 0 Å². The average Bonchev–Trinajstić information content (AvgIpc) is 2.39. The molecule has 0 saturated heterocycles. The first kappa shape index (κ1) is 15.9. The average molecular weight is 331 g/mol. The zero-order valence-electron chi connectivity index (χ0n) is 10.9. The normalized spacial score (nSPS) is 10.2. The van der Waals surface area contributed by atoms with Crippen LogP contribution in [0.2, 0.25) is 0 Å². The predicted molar refractivity (Wildman–Crippen MR) is 77.4 cm³/mol. The van der Waals surface area contributed by atoms with E-state index in [1.165, 1.54) is 0 Å². The highest BCUT2D eigenvalue weighted by Gasteiger charge is 1.99. The van der Waals surface area contributed by atoms with Gasteiger partial charge in [-0.1, -0.05) is 22.0 Å². The Kier molecular flexibility index (Phi) is 8.20. The third-order valence-electron chi connectivity index (χ3n) is 2.26. The Morgan fingerprint density at radius 1 is 1.32 bits per heavy atom. The van der Waals surface area contributed by atoms with Crippen LogP contribution in [0.15, 0.2) is 28.7 Å². The van der Waals surface area contributed by atoms with Crippen LogP contribution < -0.4 is 15.4 Å². The number of nitrogens with one attached hydrogen (secondary N) is 2. The highest BCUT2D eigenvalue weighted by Crippen LogP contribution is 2.17. The predicted octanol–water partition coefficient (Wildman–Crippen LogP) is 1.18. The molecule has 6 heteroatoms. The molecule has 0 bridgehead atoms. The second-order valence-corrected chi connectivity index (χ2v) is 4.74. The van der Waals surface area contributed by atoms with Crippen LogP contribution in [0.25, 0.3) is 0 Å². The van der Waals surface area contributed by atoms with Gasteiger partial charge in [-0.2, -0.15) is 0 Å². The Balaban J connectivity index is 2.03. The van der Waals surface area contributed by atoms with Gasteiger partial charge in [0, 0.05) is 24.7 Å². The second-order valence-electron chi connectivity index (χ2n) is 3.83. The Hall–Kier alpha value is -1.11. The van der Waals surface area contributed by atoms with Crippen LogP contribution in [0.3, 0.4) is 0 Å². The topological polar surface area (TPSA) is 59.6 Å². The molecule has 1 aromatic carbocycles. The summed E-state index contributed by atoms with van der Waals surface area (Å²) >= 11 is 3.38. The summed E-state index contributed by atoms with van der Waals surface area (Å²) in [5.74, 6) is 0.764. The molecule has 0 radical (unpaired) electrons. The number of amides is 1. The van der Waals surface area contributed by atoms with Crippen molar-refractivity contribution in [3.63, 3.8) is 0 Å². The number of hydrogen-bond donors (Lipinski definition) is 2. The summed E-state index contributed by atoms with van der Waals surface area (Å²) < 4.78 is 11.3. The highest BCUT2D eigenvalue weighted by molar-refractivity contribution is 9.10. The van der Waals surface area contributed by atoms with E-state index >= 15 is 0 Å². The van der Waals surface area contributed by atoms with Crippen LogP contribution in [-0.2, 0) is 9.53 Å². The molecule has 2 N–H and O–H groups in total. The van der Waals surface area contributed by atoms with E-state index in [1.54, 1.807) is 7.11 Å². The molecule has 106 valence electrons. The van der Waals surface area contributed by atoms with Crippen molar-refractivity contribution in [1.29, 1.82) is 0 Å². The van der Waals surface area contributed by atoms with Crippen molar-refractivity contribution in [3.05, 3.63) is 28.7 Å². The maximum absolute atomic E-state index is 11.3. The molecule has 0 aromatic heterocycles. The number of methoxy groups -OCH3 is 1. The standard InChI is InChI=1S/C13H19BrN2O3/c1-18-7-6-16-13(17)10-15-5-8-19-12-4-2-3-11(14)9-12/h2-4,9,15H,5-8,10H2,1H3,(H,16,17). The molecule has 0 aliphatic carbocycles. The van der Waals surface area contributed by atoms with Crippen molar-refractivity contribution in [2.75, 3.05) is 40.0 Å². The summed E-state index contributed by atoms with van der Waals surface area (Å²) in [6.45, 7) is 2.47. The van der Waals surface area contributed by atoms with Gasteiger partial charge in [0.15, 0.2) is 0 Å². The molecule has 0 fully saturated rings. The molecule has 0 spiro atoms. The zero-order valence-corrected chi connectivity index (χ0v) is 12.5. The van der Waals surface area contributed by atoms with Crippen LogP contribution in [0.5, 0.6) is 5.75 Å². The molecule has 1 aromatic rings. The number of ether oxygens (including phenoxy) is 2. The SMILES string of the molecule is COCCNC(=O)CNCCOc1cccc(Br)c1. The van der Waals surface area contributed by atoms with Crippen LogP contribution in [0.1, 0.15) is 0 Å². The molecule has 1 rings (SSSR count). The highest BCUT2D eigenvalue weighted by atomic mass is 79.9. The van der Waals surface area contributed by atoms with Crippen molar-refractivity contribution in [2.24, 2.45) is 0 Å². The third kappa shape index (κ3) is 7.81. The lowest BCUT2D eigenvalue weighted by atomic mass is 10.3. The maximum Gasteiger partial charge on any atom is 0.234 e. The van der Waals surface area contributed by atoms with Crippen molar-refractivity contribution in [1.82, 2.24) is 10.6 Å². The van der Waals surface area contributed by atoms with Crippen molar-refractivity contribution >= 4 is 21.8 Å². The third-order valence-corrected chi connectivity index (χ3v) is 2.75. The number of rotatable bonds is 9. The molecule has 0 aliphatic rings. The van der Waals surface area contributed by atoms with E-state index < -0.39 is 0 Å². The van der Waals surface area contributed by atoms with Gasteiger partial charge >= 0.3 is 0 Å². The molecule has 0 aliphatic heterocycles. The van der Waals surface area contributed by atoms with Crippen molar-refractivity contribution in [3.8, 4) is 5.75 Å². The van der Waals surface area contributed by atoms with E-state index in [-0.39, 0.29) is 12.5 Å². The summed E-state index contributed by atoms with van der Waals surface area (Å²) in [6.07, 6.45) is 0. The van der Waals surface area contributed by atoms with Crippen LogP contribution >= 0.6 is 15.9 Å². The second kappa shape index (κ2) is 9.77. The molecule has 0 unspecified atom stereocenters. The maximum atomic E-state index is 11.3. The largest absolute Gasteiger partial charge is 0.492 e. The number of halogens is 1. The lowest BCUT2D eigenvalue weighted by Crippen LogP contribution is -2.36. The minimum atomic E-state index is -0.0421. The van der Waals surface area contributed by atoms with Crippen LogP contribution in [-0.4, -0.2) is 45.9 Å². The molecular weight excluding hydrogens is 312 g/mol. The van der Waals surface area contributed by atoms with E-state index in [2.05, 4.69) is 26.6 Å². The molecule has 19 heavy (non-hydrogen) atoms. The molecule has 5 nitrogen and oxygen atoms in total. The van der Waals surface area contributed by atoms with Crippen molar-refractivity contribution < 1.29 is 14.3 Å². The van der Waals surface area contributed by atoms with Gasteiger partial charge in [0.2, 0.25) is 5.91 Å². The number of carbonyl (C=O) groups is 1. The minimum Gasteiger partial charge on any atom is -0.492 e. The molecule has 0 saturated carbocycles.